The summed E-state index contributed by atoms with van der Waals surface area (Å²) in [6.45, 7) is 4.76. The van der Waals surface area contributed by atoms with Crippen LogP contribution in [0.5, 0.6) is 0 Å². The fourth-order valence-electron chi connectivity index (χ4n) is 2.91. The first-order chi connectivity index (χ1) is 9.56. The SMILES string of the molecule is Cc1ccc(C(=O)NCCC2CCC(C)CC2)c(F)c1. The topological polar surface area (TPSA) is 29.1 Å². The van der Waals surface area contributed by atoms with Crippen LogP contribution in [0.2, 0.25) is 0 Å². The summed E-state index contributed by atoms with van der Waals surface area (Å²) in [5.74, 6) is 0.831. The average molecular weight is 277 g/mol. The second-order valence-corrected chi connectivity index (χ2v) is 6.15. The molecule has 0 aliphatic heterocycles. The lowest BCUT2D eigenvalue weighted by atomic mass is 9.81. The van der Waals surface area contributed by atoms with Gasteiger partial charge in [0, 0.05) is 6.54 Å². The van der Waals surface area contributed by atoms with Gasteiger partial charge in [-0.3, -0.25) is 4.79 Å². The fourth-order valence-corrected chi connectivity index (χ4v) is 2.91. The molecule has 1 fully saturated rings. The van der Waals surface area contributed by atoms with Gasteiger partial charge in [-0.2, -0.15) is 0 Å². The van der Waals surface area contributed by atoms with Gasteiger partial charge in [-0.25, -0.2) is 4.39 Å². The van der Waals surface area contributed by atoms with Crippen LogP contribution in [-0.2, 0) is 0 Å². The highest BCUT2D eigenvalue weighted by Crippen LogP contribution is 2.29. The summed E-state index contributed by atoms with van der Waals surface area (Å²) in [6, 6.07) is 4.72. The van der Waals surface area contributed by atoms with Crippen LogP contribution in [0.25, 0.3) is 0 Å². The third-order valence-electron chi connectivity index (χ3n) is 4.34. The number of rotatable bonds is 4. The lowest BCUT2D eigenvalue weighted by molar-refractivity contribution is 0.0945. The van der Waals surface area contributed by atoms with Gasteiger partial charge in [-0.05, 0) is 42.9 Å². The highest BCUT2D eigenvalue weighted by molar-refractivity contribution is 5.94. The largest absolute Gasteiger partial charge is 0.352 e. The van der Waals surface area contributed by atoms with Crippen molar-refractivity contribution in [1.29, 1.82) is 0 Å². The lowest BCUT2D eigenvalue weighted by Gasteiger charge is -2.26. The summed E-state index contributed by atoms with van der Waals surface area (Å²) in [4.78, 5) is 11.9. The maximum Gasteiger partial charge on any atom is 0.254 e. The molecule has 0 atom stereocenters. The molecule has 3 heteroatoms. The molecule has 1 aliphatic carbocycles. The normalized spacial score (nSPS) is 22.6. The minimum atomic E-state index is -0.436. The summed E-state index contributed by atoms with van der Waals surface area (Å²) in [7, 11) is 0. The van der Waals surface area contributed by atoms with E-state index >= 15 is 0 Å². The van der Waals surface area contributed by atoms with Crippen molar-refractivity contribution < 1.29 is 9.18 Å². The van der Waals surface area contributed by atoms with Crippen LogP contribution in [0.1, 0.15) is 54.9 Å². The van der Waals surface area contributed by atoms with Gasteiger partial charge in [-0.1, -0.05) is 38.7 Å². The quantitative estimate of drug-likeness (QED) is 0.882. The first-order valence-electron chi connectivity index (χ1n) is 7.60. The molecule has 2 nitrogen and oxygen atoms in total. The van der Waals surface area contributed by atoms with E-state index in [-0.39, 0.29) is 11.5 Å². The molecule has 1 amide bonds. The molecule has 0 spiro atoms. The molecule has 1 aromatic rings. The Morgan fingerprint density at radius 3 is 2.65 bits per heavy atom. The maximum absolute atomic E-state index is 13.7. The van der Waals surface area contributed by atoms with Gasteiger partial charge < -0.3 is 5.32 Å². The van der Waals surface area contributed by atoms with Gasteiger partial charge in [0.25, 0.3) is 5.91 Å². The molecule has 0 heterocycles. The van der Waals surface area contributed by atoms with Crippen LogP contribution in [0.3, 0.4) is 0 Å². The van der Waals surface area contributed by atoms with Crippen molar-refractivity contribution >= 4 is 5.91 Å². The molecule has 1 aromatic carbocycles. The van der Waals surface area contributed by atoms with Crippen molar-refractivity contribution in [2.45, 2.75) is 46.0 Å². The third-order valence-corrected chi connectivity index (χ3v) is 4.34. The van der Waals surface area contributed by atoms with E-state index in [4.69, 9.17) is 0 Å². The molecule has 20 heavy (non-hydrogen) atoms. The monoisotopic (exact) mass is 277 g/mol. The van der Waals surface area contributed by atoms with Crippen LogP contribution < -0.4 is 5.32 Å². The van der Waals surface area contributed by atoms with E-state index in [2.05, 4.69) is 12.2 Å². The zero-order valence-electron chi connectivity index (χ0n) is 12.4. The molecule has 0 unspecified atom stereocenters. The van der Waals surface area contributed by atoms with Gasteiger partial charge in [0.2, 0.25) is 0 Å². The number of aryl methyl sites for hydroxylation is 1. The highest BCUT2D eigenvalue weighted by atomic mass is 19.1. The predicted octanol–water partition coefficient (Wildman–Crippen LogP) is 4.08. The number of halogens is 1. The van der Waals surface area contributed by atoms with E-state index in [0.29, 0.717) is 6.54 Å². The second-order valence-electron chi connectivity index (χ2n) is 6.15. The second kappa shape index (κ2) is 6.87. The zero-order chi connectivity index (χ0) is 14.5. The molecular weight excluding hydrogens is 253 g/mol. The summed E-state index contributed by atoms with van der Waals surface area (Å²) in [5.41, 5.74) is 0.975. The van der Waals surface area contributed by atoms with Gasteiger partial charge in [0.15, 0.2) is 0 Å². The average Bonchev–Trinajstić information content (AvgIpc) is 2.41. The summed E-state index contributed by atoms with van der Waals surface area (Å²) in [5, 5.41) is 2.84. The third kappa shape index (κ3) is 4.06. The Hall–Kier alpha value is -1.38. The molecule has 0 radical (unpaired) electrons. The molecule has 2 rings (SSSR count). The Morgan fingerprint density at radius 1 is 1.30 bits per heavy atom. The Morgan fingerprint density at radius 2 is 2.00 bits per heavy atom. The van der Waals surface area contributed by atoms with Gasteiger partial charge >= 0.3 is 0 Å². The predicted molar refractivity (Wildman–Crippen MR) is 79.2 cm³/mol. The van der Waals surface area contributed by atoms with E-state index in [0.717, 1.165) is 23.8 Å². The van der Waals surface area contributed by atoms with Crippen LogP contribution in [0.15, 0.2) is 18.2 Å². The first-order valence-corrected chi connectivity index (χ1v) is 7.60. The number of carbonyl (C=O) groups is 1. The Labute approximate surface area is 120 Å². The van der Waals surface area contributed by atoms with Crippen molar-refractivity contribution in [1.82, 2.24) is 5.32 Å². The number of carbonyl (C=O) groups excluding carboxylic acids is 1. The van der Waals surface area contributed by atoms with E-state index in [1.54, 1.807) is 12.1 Å². The van der Waals surface area contributed by atoms with Crippen LogP contribution in [-0.4, -0.2) is 12.5 Å². The zero-order valence-corrected chi connectivity index (χ0v) is 12.4. The Balaban J connectivity index is 1.77. The first kappa shape index (κ1) is 15.0. The van der Waals surface area contributed by atoms with Crippen LogP contribution >= 0.6 is 0 Å². The molecule has 1 saturated carbocycles. The fraction of sp³-hybridized carbons (Fsp3) is 0.588. The number of nitrogens with one attached hydrogen (secondary N) is 1. The Bertz CT molecular complexity index is 464. The molecule has 110 valence electrons. The molecule has 0 aromatic heterocycles. The standard InChI is InChI=1S/C17H24FNO/c1-12-3-6-14(7-4-12)9-10-19-17(20)15-8-5-13(2)11-16(15)18/h5,8,11-12,14H,3-4,6-7,9-10H2,1-2H3,(H,19,20). The number of hydrogen-bond acceptors (Lipinski definition) is 1. The molecule has 1 aliphatic rings. The molecular formula is C17H24FNO. The van der Waals surface area contributed by atoms with E-state index in [1.165, 1.54) is 31.7 Å². The molecule has 1 N–H and O–H groups in total. The number of benzene rings is 1. The summed E-state index contributed by atoms with van der Waals surface area (Å²) in [6.07, 6.45) is 6.12. The number of amides is 1. The Kier molecular flexibility index (Phi) is 5.16. The van der Waals surface area contributed by atoms with Crippen molar-refractivity contribution in [2.24, 2.45) is 11.8 Å². The van der Waals surface area contributed by atoms with Gasteiger partial charge in [0.1, 0.15) is 5.82 Å². The molecule has 0 bridgehead atoms. The van der Waals surface area contributed by atoms with E-state index in [9.17, 15) is 9.18 Å². The van der Waals surface area contributed by atoms with Crippen molar-refractivity contribution in [3.05, 3.63) is 35.1 Å². The van der Waals surface area contributed by atoms with Gasteiger partial charge in [-0.15, -0.1) is 0 Å². The number of hydrogen-bond donors (Lipinski definition) is 1. The minimum Gasteiger partial charge on any atom is -0.352 e. The minimum absolute atomic E-state index is 0.146. The lowest BCUT2D eigenvalue weighted by Crippen LogP contribution is -2.27. The summed E-state index contributed by atoms with van der Waals surface area (Å²) < 4.78 is 13.7. The van der Waals surface area contributed by atoms with Crippen LogP contribution in [0.4, 0.5) is 4.39 Å². The van der Waals surface area contributed by atoms with Gasteiger partial charge in [0.05, 0.1) is 5.56 Å². The van der Waals surface area contributed by atoms with E-state index < -0.39 is 5.82 Å². The summed E-state index contributed by atoms with van der Waals surface area (Å²) >= 11 is 0. The van der Waals surface area contributed by atoms with Crippen molar-refractivity contribution in [2.75, 3.05) is 6.54 Å². The van der Waals surface area contributed by atoms with Crippen LogP contribution in [0, 0.1) is 24.6 Å². The smallest absolute Gasteiger partial charge is 0.254 e. The molecule has 0 saturated heterocycles. The van der Waals surface area contributed by atoms with Crippen molar-refractivity contribution in [3.8, 4) is 0 Å². The maximum atomic E-state index is 13.7. The van der Waals surface area contributed by atoms with E-state index in [1.807, 2.05) is 6.92 Å². The van der Waals surface area contributed by atoms with Crippen molar-refractivity contribution in [3.63, 3.8) is 0 Å². The highest BCUT2D eigenvalue weighted by Gasteiger charge is 2.18.